The Hall–Kier alpha value is 0.463. The second-order valence-electron chi connectivity index (χ2n) is 0.924. The van der Waals surface area contributed by atoms with Gasteiger partial charge in [-0.3, -0.25) is 0 Å². The van der Waals surface area contributed by atoms with Crippen LogP contribution in [0.4, 0.5) is 0 Å². The van der Waals surface area contributed by atoms with Crippen LogP contribution in [0.3, 0.4) is 0 Å². The van der Waals surface area contributed by atoms with Crippen LogP contribution in [0.5, 0.6) is 0 Å². The molecule has 0 heterocycles. The van der Waals surface area contributed by atoms with Crippen molar-refractivity contribution in [2.75, 3.05) is 0 Å². The molecular weight excluding hydrogens is 469 g/mol. The number of hydrogen-bond donors (Lipinski definition) is 6. The SMILES string of the molecule is N.N.O=[N+]([O-])O.O=[N+]([O-])O.[Ba].[Cu].[O]=[Cr](=[O])([OH])[OH]. The predicted octanol–water partition coefficient (Wildman–Crippen LogP) is -2.11. The molecule has 0 aliphatic heterocycles. The average Bonchev–Trinajstić information content (AvgIpc) is 1.50. The van der Waals surface area contributed by atoms with E-state index in [4.69, 9.17) is 46.6 Å². The van der Waals surface area contributed by atoms with E-state index in [-0.39, 0.29) is 78.3 Å². The molecular formula is H10BaCrCuN4O10. The van der Waals surface area contributed by atoms with Crippen LogP contribution in [0, 0.1) is 20.2 Å². The van der Waals surface area contributed by atoms with E-state index in [1.165, 1.54) is 0 Å². The van der Waals surface area contributed by atoms with Crippen LogP contribution in [0.25, 0.3) is 0 Å². The summed E-state index contributed by atoms with van der Waals surface area (Å²) in [4.78, 5) is 16.7. The summed E-state index contributed by atoms with van der Waals surface area (Å²) in [6.07, 6.45) is 0. The second kappa shape index (κ2) is 25.3. The van der Waals surface area contributed by atoms with Crippen molar-refractivity contribution in [2.45, 2.75) is 0 Å². The van der Waals surface area contributed by atoms with Crippen molar-refractivity contribution in [1.82, 2.24) is 12.3 Å². The van der Waals surface area contributed by atoms with Crippen LogP contribution in [-0.2, 0) is 38.3 Å². The van der Waals surface area contributed by atoms with Gasteiger partial charge in [-0.1, -0.05) is 0 Å². The van der Waals surface area contributed by atoms with Crippen molar-refractivity contribution < 1.29 is 67.2 Å². The molecule has 0 saturated heterocycles. The van der Waals surface area contributed by atoms with Gasteiger partial charge < -0.3 is 22.7 Å². The van der Waals surface area contributed by atoms with Crippen molar-refractivity contribution in [2.24, 2.45) is 0 Å². The predicted molar refractivity (Wildman–Crippen MR) is 39.2 cm³/mol. The molecule has 0 saturated carbocycles. The Bertz CT molecular complexity index is 223. The first kappa shape index (κ1) is 43.2. The van der Waals surface area contributed by atoms with E-state index in [2.05, 4.69) is 0 Å². The van der Waals surface area contributed by atoms with Gasteiger partial charge in [0.15, 0.2) is 0 Å². The average molecular weight is 479 g/mol. The third-order valence-corrected chi connectivity index (χ3v) is 0. The van der Waals surface area contributed by atoms with Crippen LogP contribution in [0.2, 0.25) is 0 Å². The fourth-order valence-electron chi connectivity index (χ4n) is 0. The van der Waals surface area contributed by atoms with E-state index < -0.39 is 23.8 Å². The van der Waals surface area contributed by atoms with Crippen molar-refractivity contribution in [3.63, 3.8) is 0 Å². The van der Waals surface area contributed by atoms with Gasteiger partial charge in [0.1, 0.15) is 0 Å². The minimum atomic E-state index is -5.25. The Balaban J connectivity index is -0.0000000159. The third-order valence-electron chi connectivity index (χ3n) is 0. The molecule has 17 heteroatoms. The molecule has 0 aromatic rings. The van der Waals surface area contributed by atoms with Crippen LogP contribution < -0.4 is 12.3 Å². The monoisotopic (exact) mass is 479 g/mol. The van der Waals surface area contributed by atoms with Gasteiger partial charge in [-0.05, 0) is 0 Å². The molecule has 0 atom stereocenters. The first-order valence-electron chi connectivity index (χ1n) is 1.83. The summed E-state index contributed by atoms with van der Waals surface area (Å²) in [6.45, 7) is 0. The summed E-state index contributed by atoms with van der Waals surface area (Å²) in [6, 6.07) is 0. The Morgan fingerprint density at radius 3 is 0.882 bits per heavy atom. The van der Waals surface area contributed by atoms with E-state index in [9.17, 15) is 0 Å². The number of hydrogen-bond acceptors (Lipinski definition) is 8. The molecule has 0 aromatic carbocycles. The van der Waals surface area contributed by atoms with Gasteiger partial charge in [0.05, 0.1) is 0 Å². The van der Waals surface area contributed by atoms with Crippen molar-refractivity contribution in [3.05, 3.63) is 20.2 Å². The van der Waals surface area contributed by atoms with Crippen LogP contribution in [-0.4, -0.2) is 77.8 Å². The molecule has 0 aromatic heterocycles. The summed E-state index contributed by atoms with van der Waals surface area (Å²) in [7, 11) is 0. The van der Waals surface area contributed by atoms with Crippen molar-refractivity contribution in [3.8, 4) is 0 Å². The van der Waals surface area contributed by atoms with E-state index in [0.717, 1.165) is 0 Å². The molecule has 3 radical (unpaired) electrons. The first-order chi connectivity index (χ1) is 5.46. The van der Waals surface area contributed by atoms with Gasteiger partial charge in [0, 0.05) is 65.9 Å². The Kier molecular flexibility index (Phi) is 64.5. The molecule has 0 unspecified atom stereocenters. The molecule has 0 spiro atoms. The molecule has 10 N–H and O–H groups in total. The molecule has 0 aliphatic carbocycles. The fourth-order valence-corrected chi connectivity index (χ4v) is 0. The third kappa shape index (κ3) is 16000. The summed E-state index contributed by atoms with van der Waals surface area (Å²) >= 11 is -5.25. The maximum absolute atomic E-state index is 8.82. The first-order valence-corrected chi connectivity index (χ1v) is 4.01. The Labute approximate surface area is 147 Å². The standard InChI is InChI=1S/Ba.Cr.Cu.2HNO3.2H3N.2H2O.2O/c;;;2*2-1(3)4;;;;;;/h;;;2*(H,2,3,4);2*1H3;2*1H2;;/q;+2;;;;;;;;;/p-2. The van der Waals surface area contributed by atoms with Gasteiger partial charge in [0.2, 0.25) is 0 Å². The molecule has 17 heavy (non-hydrogen) atoms. The summed E-state index contributed by atoms with van der Waals surface area (Å²) in [5.74, 6) is 0. The van der Waals surface area contributed by atoms with E-state index in [0.29, 0.717) is 0 Å². The van der Waals surface area contributed by atoms with Gasteiger partial charge >= 0.3 is 29.5 Å². The second-order valence-corrected chi connectivity index (χ2v) is 2.32. The van der Waals surface area contributed by atoms with Gasteiger partial charge in [-0.25, -0.2) is 0 Å². The van der Waals surface area contributed by atoms with E-state index >= 15 is 0 Å². The Morgan fingerprint density at radius 2 is 0.882 bits per heavy atom. The summed E-state index contributed by atoms with van der Waals surface area (Å²) in [5.41, 5.74) is 0. The number of nitrogens with zero attached hydrogens (tertiary/aromatic N) is 2. The topological polar surface area (TPSA) is 271 Å². The summed E-state index contributed by atoms with van der Waals surface area (Å²) < 4.78 is 31.9. The molecule has 0 rings (SSSR count). The number of rotatable bonds is 0. The summed E-state index contributed by atoms with van der Waals surface area (Å²) in [5, 5.41) is 27.3. The van der Waals surface area contributed by atoms with Crippen LogP contribution in [0.15, 0.2) is 0 Å². The van der Waals surface area contributed by atoms with E-state index in [1.807, 2.05) is 0 Å². The molecule has 14 nitrogen and oxygen atoms in total. The molecule has 0 bridgehead atoms. The Morgan fingerprint density at radius 1 is 0.882 bits per heavy atom. The van der Waals surface area contributed by atoms with E-state index in [1.54, 1.807) is 0 Å². The van der Waals surface area contributed by atoms with Gasteiger partial charge in [0.25, 0.3) is 10.2 Å². The zero-order chi connectivity index (χ0) is 11.7. The van der Waals surface area contributed by atoms with Gasteiger partial charge in [-0.2, -0.15) is 0 Å². The normalized spacial score (nSPS) is 6.24. The molecule has 109 valence electrons. The minimum absolute atomic E-state index is 0. The molecule has 0 aliphatic rings. The van der Waals surface area contributed by atoms with Gasteiger partial charge in [-0.15, -0.1) is 20.2 Å². The van der Waals surface area contributed by atoms with Crippen LogP contribution >= 0.6 is 0 Å². The zero-order valence-corrected chi connectivity index (χ0v) is 14.6. The fraction of sp³-hybridized carbons (Fsp3) is 0. The van der Waals surface area contributed by atoms with Crippen molar-refractivity contribution >= 4 is 48.9 Å². The van der Waals surface area contributed by atoms with Crippen LogP contribution in [0.1, 0.15) is 0 Å². The molecule has 0 fully saturated rings. The zero-order valence-electron chi connectivity index (χ0n) is 7.96. The quantitative estimate of drug-likeness (QED) is 0.124. The molecule has 0 amide bonds. The van der Waals surface area contributed by atoms with Crippen molar-refractivity contribution in [1.29, 1.82) is 0 Å². The maximum atomic E-state index is 8.82.